The summed E-state index contributed by atoms with van der Waals surface area (Å²) in [7, 11) is 0. The Balaban J connectivity index is 2.48. The Hall–Kier alpha value is -2.07. The molecular formula is C14H13ClN2O2. The number of rotatable bonds is 3. The Bertz CT molecular complexity index is 614. The third kappa shape index (κ3) is 2.85. The predicted octanol–water partition coefficient (Wildman–Crippen LogP) is 3.16. The van der Waals surface area contributed by atoms with Gasteiger partial charge in [0.2, 0.25) is 0 Å². The van der Waals surface area contributed by atoms with Crippen LogP contribution in [0.2, 0.25) is 5.02 Å². The Kier molecular flexibility index (Phi) is 4.02. The molecule has 19 heavy (non-hydrogen) atoms. The first kappa shape index (κ1) is 13.4. The van der Waals surface area contributed by atoms with Crippen molar-refractivity contribution >= 4 is 23.3 Å². The van der Waals surface area contributed by atoms with Crippen molar-refractivity contribution in [1.82, 2.24) is 4.98 Å². The highest BCUT2D eigenvalue weighted by atomic mass is 35.5. The lowest BCUT2D eigenvalue weighted by molar-refractivity contribution is 0.0521. The second kappa shape index (κ2) is 5.71. The van der Waals surface area contributed by atoms with Crippen LogP contribution in [0.1, 0.15) is 17.4 Å². The van der Waals surface area contributed by atoms with Crippen LogP contribution in [0.5, 0.6) is 0 Å². The van der Waals surface area contributed by atoms with Crippen molar-refractivity contribution in [2.45, 2.75) is 6.92 Å². The molecule has 0 radical (unpaired) electrons. The standard InChI is InChI=1S/C14H13ClN2O2/c1-2-19-14(18)13-12(16)11(6-7-17-13)9-4-3-5-10(15)8-9/h3-8H,2,16H2,1H3. The van der Waals surface area contributed by atoms with Crippen LogP contribution in [-0.4, -0.2) is 17.6 Å². The summed E-state index contributed by atoms with van der Waals surface area (Å²) in [5.74, 6) is -0.524. The number of hydrogen-bond acceptors (Lipinski definition) is 4. The van der Waals surface area contributed by atoms with E-state index in [-0.39, 0.29) is 12.3 Å². The number of ether oxygens (including phenoxy) is 1. The van der Waals surface area contributed by atoms with Gasteiger partial charge >= 0.3 is 5.97 Å². The number of halogens is 1. The summed E-state index contributed by atoms with van der Waals surface area (Å²) < 4.78 is 4.92. The predicted molar refractivity (Wildman–Crippen MR) is 75.1 cm³/mol. The number of carbonyl (C=O) groups is 1. The highest BCUT2D eigenvalue weighted by Crippen LogP contribution is 2.29. The van der Waals surface area contributed by atoms with E-state index in [1.165, 1.54) is 6.20 Å². The molecule has 0 aliphatic carbocycles. The van der Waals surface area contributed by atoms with E-state index in [0.29, 0.717) is 16.3 Å². The Morgan fingerprint density at radius 2 is 2.21 bits per heavy atom. The summed E-state index contributed by atoms with van der Waals surface area (Å²) >= 11 is 5.95. The molecule has 0 aliphatic heterocycles. The highest BCUT2D eigenvalue weighted by Gasteiger charge is 2.16. The first-order chi connectivity index (χ1) is 9.13. The minimum absolute atomic E-state index is 0.124. The number of carbonyl (C=O) groups excluding carboxylic acids is 1. The molecule has 0 unspecified atom stereocenters. The number of anilines is 1. The molecule has 0 aliphatic rings. The molecule has 0 atom stereocenters. The average molecular weight is 277 g/mol. The summed E-state index contributed by atoms with van der Waals surface area (Å²) in [6.45, 7) is 2.01. The second-order valence-corrected chi connectivity index (χ2v) is 4.29. The summed E-state index contributed by atoms with van der Waals surface area (Å²) in [5, 5.41) is 0.603. The van der Waals surface area contributed by atoms with Crippen LogP contribution in [0.25, 0.3) is 11.1 Å². The highest BCUT2D eigenvalue weighted by molar-refractivity contribution is 6.30. The van der Waals surface area contributed by atoms with Crippen LogP contribution in [0.15, 0.2) is 36.5 Å². The minimum Gasteiger partial charge on any atom is -0.461 e. The normalized spacial score (nSPS) is 10.2. The average Bonchev–Trinajstić information content (AvgIpc) is 2.39. The van der Waals surface area contributed by atoms with E-state index in [4.69, 9.17) is 22.1 Å². The quantitative estimate of drug-likeness (QED) is 0.875. The van der Waals surface area contributed by atoms with Gasteiger partial charge in [-0.2, -0.15) is 0 Å². The maximum absolute atomic E-state index is 11.7. The molecule has 2 N–H and O–H groups in total. The van der Waals surface area contributed by atoms with Crippen LogP contribution >= 0.6 is 11.6 Å². The maximum atomic E-state index is 11.7. The van der Waals surface area contributed by atoms with Gasteiger partial charge in [0, 0.05) is 16.8 Å². The molecule has 0 saturated carbocycles. The summed E-state index contributed by atoms with van der Waals surface area (Å²) in [4.78, 5) is 15.7. The van der Waals surface area contributed by atoms with Crippen molar-refractivity contribution < 1.29 is 9.53 Å². The van der Waals surface area contributed by atoms with Gasteiger partial charge < -0.3 is 10.5 Å². The number of hydrogen-bond donors (Lipinski definition) is 1. The summed E-state index contributed by atoms with van der Waals surface area (Å²) in [5.41, 5.74) is 7.95. The van der Waals surface area contributed by atoms with E-state index in [1.807, 2.05) is 12.1 Å². The molecule has 98 valence electrons. The van der Waals surface area contributed by atoms with Gasteiger partial charge in [0.15, 0.2) is 5.69 Å². The molecule has 4 nitrogen and oxygen atoms in total. The zero-order valence-electron chi connectivity index (χ0n) is 10.4. The molecule has 0 fully saturated rings. The molecule has 2 aromatic rings. The van der Waals surface area contributed by atoms with E-state index in [9.17, 15) is 4.79 Å². The molecule has 0 amide bonds. The Morgan fingerprint density at radius 3 is 2.89 bits per heavy atom. The topological polar surface area (TPSA) is 65.2 Å². The van der Waals surface area contributed by atoms with E-state index >= 15 is 0 Å². The molecule has 0 saturated heterocycles. The molecule has 1 aromatic heterocycles. The van der Waals surface area contributed by atoms with E-state index in [0.717, 1.165) is 5.56 Å². The first-order valence-corrected chi connectivity index (χ1v) is 6.18. The molecule has 1 heterocycles. The lowest BCUT2D eigenvalue weighted by atomic mass is 10.0. The molecule has 2 rings (SSSR count). The van der Waals surface area contributed by atoms with Gasteiger partial charge in [-0.15, -0.1) is 0 Å². The minimum atomic E-state index is -0.524. The van der Waals surface area contributed by atoms with Gasteiger partial charge in [0.05, 0.1) is 12.3 Å². The zero-order chi connectivity index (χ0) is 13.8. The maximum Gasteiger partial charge on any atom is 0.359 e. The number of nitrogens with two attached hydrogens (primary N) is 1. The van der Waals surface area contributed by atoms with Crippen molar-refractivity contribution in [2.24, 2.45) is 0 Å². The summed E-state index contributed by atoms with van der Waals surface area (Å²) in [6, 6.07) is 8.98. The van der Waals surface area contributed by atoms with Crippen LogP contribution in [0.4, 0.5) is 5.69 Å². The van der Waals surface area contributed by atoms with Crippen LogP contribution in [-0.2, 0) is 4.74 Å². The van der Waals surface area contributed by atoms with E-state index < -0.39 is 5.97 Å². The molecule has 1 aromatic carbocycles. The fourth-order valence-corrected chi connectivity index (χ4v) is 1.93. The number of nitrogens with zero attached hydrogens (tertiary/aromatic N) is 1. The Morgan fingerprint density at radius 1 is 1.42 bits per heavy atom. The van der Waals surface area contributed by atoms with Gasteiger partial charge in [0.1, 0.15) is 0 Å². The third-order valence-corrected chi connectivity index (χ3v) is 2.83. The monoisotopic (exact) mass is 276 g/mol. The van der Waals surface area contributed by atoms with Crippen molar-refractivity contribution in [2.75, 3.05) is 12.3 Å². The molecule has 5 heteroatoms. The van der Waals surface area contributed by atoms with Crippen LogP contribution in [0.3, 0.4) is 0 Å². The largest absolute Gasteiger partial charge is 0.461 e. The number of aromatic nitrogens is 1. The van der Waals surface area contributed by atoms with Gasteiger partial charge in [0.25, 0.3) is 0 Å². The SMILES string of the molecule is CCOC(=O)c1nccc(-c2cccc(Cl)c2)c1N. The van der Waals surface area contributed by atoms with Crippen molar-refractivity contribution in [3.05, 3.63) is 47.2 Å². The smallest absolute Gasteiger partial charge is 0.359 e. The van der Waals surface area contributed by atoms with Crippen molar-refractivity contribution in [1.29, 1.82) is 0 Å². The molecule has 0 bridgehead atoms. The van der Waals surface area contributed by atoms with E-state index in [2.05, 4.69) is 4.98 Å². The third-order valence-electron chi connectivity index (χ3n) is 2.59. The van der Waals surface area contributed by atoms with E-state index in [1.54, 1.807) is 25.1 Å². The molecule has 0 spiro atoms. The van der Waals surface area contributed by atoms with Gasteiger partial charge in [-0.25, -0.2) is 9.78 Å². The summed E-state index contributed by atoms with van der Waals surface area (Å²) in [6.07, 6.45) is 1.53. The van der Waals surface area contributed by atoms with Gasteiger partial charge in [-0.1, -0.05) is 23.7 Å². The van der Waals surface area contributed by atoms with Crippen molar-refractivity contribution in [3.63, 3.8) is 0 Å². The zero-order valence-corrected chi connectivity index (χ0v) is 11.1. The fraction of sp³-hybridized carbons (Fsp3) is 0.143. The second-order valence-electron chi connectivity index (χ2n) is 3.85. The van der Waals surface area contributed by atoms with Crippen LogP contribution in [0, 0.1) is 0 Å². The number of nitrogen functional groups attached to an aromatic ring is 1. The lowest BCUT2D eigenvalue weighted by Gasteiger charge is -2.09. The first-order valence-electron chi connectivity index (χ1n) is 5.81. The number of esters is 1. The van der Waals surface area contributed by atoms with Crippen molar-refractivity contribution in [3.8, 4) is 11.1 Å². The number of pyridine rings is 1. The van der Waals surface area contributed by atoms with Crippen LogP contribution < -0.4 is 5.73 Å². The fourth-order valence-electron chi connectivity index (χ4n) is 1.74. The Labute approximate surface area is 116 Å². The van der Waals surface area contributed by atoms with Gasteiger partial charge in [-0.05, 0) is 30.7 Å². The molecular weight excluding hydrogens is 264 g/mol. The number of benzene rings is 1. The van der Waals surface area contributed by atoms with Gasteiger partial charge in [-0.3, -0.25) is 0 Å². The lowest BCUT2D eigenvalue weighted by Crippen LogP contribution is -2.11.